The fourth-order valence-electron chi connectivity index (χ4n) is 0.648. The van der Waals surface area contributed by atoms with E-state index in [1.807, 2.05) is 0 Å². The summed E-state index contributed by atoms with van der Waals surface area (Å²) in [5.74, 6) is -0.916. The van der Waals surface area contributed by atoms with Gasteiger partial charge in [0.2, 0.25) is 0 Å². The molecule has 0 radical (unpaired) electrons. The number of hydrogen-bond acceptors (Lipinski definition) is 6. The van der Waals surface area contributed by atoms with E-state index in [1.165, 1.54) is 0 Å². The Kier molecular flexibility index (Phi) is 6.46. The van der Waals surface area contributed by atoms with Crippen LogP contribution in [-0.2, 0) is 9.59 Å². The van der Waals surface area contributed by atoms with Gasteiger partial charge in [0.25, 0.3) is 0 Å². The molecule has 3 atom stereocenters. The summed E-state index contributed by atoms with van der Waals surface area (Å²) >= 11 is 1.01. The van der Waals surface area contributed by atoms with E-state index in [0.29, 0.717) is 6.29 Å². The lowest BCUT2D eigenvalue weighted by molar-refractivity contribution is -0.139. The van der Waals surface area contributed by atoms with Gasteiger partial charge in [-0.1, -0.05) is 0 Å². The number of carboxylic acid groups (broad SMARTS) is 1. The van der Waals surface area contributed by atoms with E-state index in [-0.39, 0.29) is 12.2 Å². The molecule has 0 aliphatic heterocycles. The fraction of sp³-hybridized carbons (Fsp3) is 0.714. The zero-order chi connectivity index (χ0) is 11.1. The Labute approximate surface area is 85.6 Å². The van der Waals surface area contributed by atoms with Gasteiger partial charge in [0.05, 0.1) is 6.04 Å². The van der Waals surface area contributed by atoms with Gasteiger partial charge in [0.1, 0.15) is 17.8 Å². The number of aliphatic carboxylic acids is 1. The van der Waals surface area contributed by atoms with Crippen LogP contribution in [0.4, 0.5) is 0 Å². The maximum absolute atomic E-state index is 10.3. The molecule has 6 N–H and O–H groups in total. The van der Waals surface area contributed by atoms with E-state index in [1.54, 1.807) is 0 Å². The Bertz CT molecular complexity index is 202. The normalized spacial score (nSPS) is 17.1. The summed E-state index contributed by atoms with van der Waals surface area (Å²) in [6.45, 7) is 0. The van der Waals surface area contributed by atoms with Gasteiger partial charge in [0.15, 0.2) is 0 Å². The molecule has 0 aromatic rings. The van der Waals surface area contributed by atoms with E-state index in [0.717, 1.165) is 11.8 Å². The third-order valence-electron chi connectivity index (χ3n) is 1.43. The molecule has 6 nitrogen and oxygen atoms in total. The Morgan fingerprint density at radius 1 is 1.50 bits per heavy atom. The van der Waals surface area contributed by atoms with Crippen molar-refractivity contribution in [2.75, 3.05) is 5.75 Å². The van der Waals surface area contributed by atoms with Gasteiger partial charge in [-0.05, 0) is 0 Å². The molecule has 1 unspecified atom stereocenters. The van der Waals surface area contributed by atoms with E-state index in [4.69, 9.17) is 16.6 Å². The number of carbonyl (C=O) groups excluding carboxylic acids is 1. The Balaban J connectivity index is 3.69. The lowest BCUT2D eigenvalue weighted by Gasteiger charge is -2.13. The van der Waals surface area contributed by atoms with Crippen molar-refractivity contribution in [2.24, 2.45) is 11.5 Å². The molecule has 0 saturated heterocycles. The van der Waals surface area contributed by atoms with Crippen molar-refractivity contribution in [3.8, 4) is 0 Å². The van der Waals surface area contributed by atoms with Crippen molar-refractivity contribution in [1.82, 2.24) is 0 Å². The number of thioether (sulfide) groups is 1. The largest absolute Gasteiger partial charge is 0.480 e. The molecular formula is C7H14N2O4S. The Morgan fingerprint density at radius 3 is 2.50 bits per heavy atom. The highest BCUT2D eigenvalue weighted by molar-refractivity contribution is 7.99. The van der Waals surface area contributed by atoms with Gasteiger partial charge < -0.3 is 26.5 Å². The van der Waals surface area contributed by atoms with Crippen molar-refractivity contribution >= 4 is 24.0 Å². The van der Waals surface area contributed by atoms with Gasteiger partial charge in [-0.25, -0.2) is 0 Å². The molecule has 0 aliphatic rings. The van der Waals surface area contributed by atoms with E-state index < -0.39 is 23.5 Å². The Hall–Kier alpha value is -0.630. The number of aldehydes is 1. The van der Waals surface area contributed by atoms with Crippen LogP contribution in [0.25, 0.3) is 0 Å². The van der Waals surface area contributed by atoms with Crippen molar-refractivity contribution in [3.05, 3.63) is 0 Å². The van der Waals surface area contributed by atoms with Gasteiger partial charge in [-0.15, -0.1) is 11.8 Å². The molecule has 82 valence electrons. The SMILES string of the molecule is N[C@@H](C=O)CSC(O)C[C@H](N)C(=O)O. The first-order valence-corrected chi connectivity index (χ1v) is 5.01. The predicted octanol–water partition coefficient (Wildman–Crippen LogP) is -1.63. The van der Waals surface area contributed by atoms with Gasteiger partial charge in [-0.2, -0.15) is 0 Å². The summed E-state index contributed by atoms with van der Waals surface area (Å²) in [6.07, 6.45) is 0.502. The van der Waals surface area contributed by atoms with Gasteiger partial charge in [0, 0.05) is 12.2 Å². The summed E-state index contributed by atoms with van der Waals surface area (Å²) in [5, 5.41) is 17.7. The quantitative estimate of drug-likeness (QED) is 0.301. The number of aliphatic hydroxyl groups excluding tert-OH is 1. The third-order valence-corrected chi connectivity index (χ3v) is 2.58. The minimum Gasteiger partial charge on any atom is -0.480 e. The van der Waals surface area contributed by atoms with Crippen LogP contribution in [0.5, 0.6) is 0 Å². The topological polar surface area (TPSA) is 127 Å². The summed E-state index contributed by atoms with van der Waals surface area (Å²) in [5.41, 5.74) is 9.54. The smallest absolute Gasteiger partial charge is 0.320 e. The molecular weight excluding hydrogens is 208 g/mol. The highest BCUT2D eigenvalue weighted by atomic mass is 32.2. The molecule has 7 heteroatoms. The fourth-order valence-corrected chi connectivity index (χ4v) is 1.51. The summed E-state index contributed by atoms with van der Waals surface area (Å²) < 4.78 is 0. The van der Waals surface area contributed by atoms with Crippen molar-refractivity contribution < 1.29 is 19.8 Å². The standard InChI is InChI=1S/C7H14N2O4S/c8-4(2-10)3-14-6(11)1-5(9)7(12)13/h2,4-6,11H,1,3,8-9H2,(H,12,13)/t4-,5-,6?/m0/s1. The molecule has 0 saturated carbocycles. The molecule has 0 bridgehead atoms. The highest BCUT2D eigenvalue weighted by Crippen LogP contribution is 2.13. The number of rotatable bonds is 7. The minimum absolute atomic E-state index is 0.0639. The zero-order valence-electron chi connectivity index (χ0n) is 7.50. The molecule has 0 amide bonds. The highest BCUT2D eigenvalue weighted by Gasteiger charge is 2.17. The Morgan fingerprint density at radius 2 is 2.07 bits per heavy atom. The van der Waals surface area contributed by atoms with Crippen LogP contribution >= 0.6 is 11.8 Å². The molecule has 0 rings (SSSR count). The second kappa shape index (κ2) is 6.77. The van der Waals surface area contributed by atoms with Crippen molar-refractivity contribution in [1.29, 1.82) is 0 Å². The number of carbonyl (C=O) groups is 2. The molecule has 14 heavy (non-hydrogen) atoms. The average molecular weight is 222 g/mol. The second-order valence-corrected chi connectivity index (χ2v) is 3.98. The average Bonchev–Trinajstić information content (AvgIpc) is 2.13. The maximum Gasteiger partial charge on any atom is 0.320 e. The predicted molar refractivity (Wildman–Crippen MR) is 52.7 cm³/mol. The van der Waals surface area contributed by atoms with Crippen molar-refractivity contribution in [3.63, 3.8) is 0 Å². The van der Waals surface area contributed by atoms with E-state index in [9.17, 15) is 14.7 Å². The van der Waals surface area contributed by atoms with Crippen LogP contribution in [0.2, 0.25) is 0 Å². The monoisotopic (exact) mass is 222 g/mol. The molecule has 0 aliphatic carbocycles. The second-order valence-electron chi connectivity index (χ2n) is 2.77. The lowest BCUT2D eigenvalue weighted by Crippen LogP contribution is -2.34. The summed E-state index contributed by atoms with van der Waals surface area (Å²) in [4.78, 5) is 20.4. The summed E-state index contributed by atoms with van der Waals surface area (Å²) in [7, 11) is 0. The molecule has 0 heterocycles. The lowest BCUT2D eigenvalue weighted by atomic mass is 10.2. The molecule has 0 spiro atoms. The maximum atomic E-state index is 10.3. The molecule has 0 aromatic carbocycles. The van der Waals surface area contributed by atoms with Crippen LogP contribution in [-0.4, -0.2) is 45.7 Å². The van der Waals surface area contributed by atoms with E-state index in [2.05, 4.69) is 0 Å². The zero-order valence-corrected chi connectivity index (χ0v) is 8.31. The number of hydrogen-bond donors (Lipinski definition) is 4. The molecule has 0 fully saturated rings. The number of aliphatic hydroxyl groups is 1. The van der Waals surface area contributed by atoms with Crippen LogP contribution in [0.15, 0.2) is 0 Å². The van der Waals surface area contributed by atoms with E-state index >= 15 is 0 Å². The molecule has 0 aromatic heterocycles. The van der Waals surface area contributed by atoms with Crippen LogP contribution in [0, 0.1) is 0 Å². The van der Waals surface area contributed by atoms with Gasteiger partial charge >= 0.3 is 5.97 Å². The van der Waals surface area contributed by atoms with Crippen LogP contribution in [0.3, 0.4) is 0 Å². The third kappa shape index (κ3) is 5.92. The van der Waals surface area contributed by atoms with Crippen molar-refractivity contribution in [2.45, 2.75) is 23.9 Å². The summed E-state index contributed by atoms with van der Waals surface area (Å²) in [6, 6.07) is -1.74. The first kappa shape index (κ1) is 13.4. The number of nitrogens with two attached hydrogens (primary N) is 2. The van der Waals surface area contributed by atoms with Crippen LogP contribution in [0.1, 0.15) is 6.42 Å². The first-order chi connectivity index (χ1) is 6.47. The number of carboxylic acids is 1. The first-order valence-electron chi connectivity index (χ1n) is 3.96. The van der Waals surface area contributed by atoms with Crippen LogP contribution < -0.4 is 11.5 Å². The minimum atomic E-state index is -1.16. The van der Waals surface area contributed by atoms with Gasteiger partial charge in [-0.3, -0.25) is 4.79 Å².